The maximum Gasteiger partial charge on any atom is 0.0628 e. The van der Waals surface area contributed by atoms with Crippen molar-refractivity contribution < 1.29 is 0 Å². The fraction of sp³-hybridized carbons (Fsp3) is 0.700. The van der Waals surface area contributed by atoms with E-state index in [1.807, 2.05) is 0 Å². The molecular formula is C10H18N2S. The highest BCUT2D eigenvalue weighted by atomic mass is 32.1. The van der Waals surface area contributed by atoms with Crippen LogP contribution in [-0.2, 0) is 13.0 Å². The quantitative estimate of drug-likeness (QED) is 0.735. The highest BCUT2D eigenvalue weighted by molar-refractivity contribution is 7.80. The predicted octanol–water partition coefficient (Wildman–Crippen LogP) is 2.38. The van der Waals surface area contributed by atoms with Crippen LogP contribution in [0.15, 0.2) is 0 Å². The summed E-state index contributed by atoms with van der Waals surface area (Å²) in [7, 11) is 0. The van der Waals surface area contributed by atoms with Crippen LogP contribution in [-0.4, -0.2) is 15.5 Å². The lowest BCUT2D eigenvalue weighted by Crippen LogP contribution is -1.99. The van der Waals surface area contributed by atoms with Gasteiger partial charge in [-0.25, -0.2) is 0 Å². The summed E-state index contributed by atoms with van der Waals surface area (Å²) in [6.07, 6.45) is 2.25. The Labute approximate surface area is 85.7 Å². The molecule has 1 heterocycles. The Morgan fingerprint density at radius 2 is 2.08 bits per heavy atom. The number of hydrogen-bond acceptors (Lipinski definition) is 2. The fourth-order valence-corrected chi connectivity index (χ4v) is 1.82. The summed E-state index contributed by atoms with van der Waals surface area (Å²) in [6, 6.07) is 0. The molecule has 0 unspecified atom stereocenters. The molecule has 0 aliphatic rings. The molecule has 0 spiro atoms. The molecule has 0 N–H and O–H groups in total. The van der Waals surface area contributed by atoms with Gasteiger partial charge in [0.2, 0.25) is 0 Å². The molecule has 0 aromatic carbocycles. The number of aromatic nitrogens is 2. The van der Waals surface area contributed by atoms with Crippen LogP contribution in [0.1, 0.15) is 30.3 Å². The lowest BCUT2D eigenvalue weighted by atomic mass is 10.1. The Kier molecular flexibility index (Phi) is 3.85. The van der Waals surface area contributed by atoms with Crippen molar-refractivity contribution in [1.29, 1.82) is 0 Å². The van der Waals surface area contributed by atoms with Crippen LogP contribution in [0.3, 0.4) is 0 Å². The Balaban J connectivity index is 2.85. The predicted molar refractivity (Wildman–Crippen MR) is 59.5 cm³/mol. The van der Waals surface area contributed by atoms with Crippen molar-refractivity contribution in [1.82, 2.24) is 9.78 Å². The first-order valence-corrected chi connectivity index (χ1v) is 5.47. The highest BCUT2D eigenvalue weighted by Gasteiger charge is 2.08. The summed E-state index contributed by atoms with van der Waals surface area (Å²) in [4.78, 5) is 0. The Hall–Kier alpha value is -0.440. The molecule has 3 heteroatoms. The van der Waals surface area contributed by atoms with Crippen LogP contribution in [0.5, 0.6) is 0 Å². The zero-order valence-corrected chi connectivity index (χ0v) is 9.56. The van der Waals surface area contributed by atoms with Crippen molar-refractivity contribution in [2.24, 2.45) is 0 Å². The second-order valence-corrected chi connectivity index (χ2v) is 3.74. The average Bonchev–Trinajstić information content (AvgIpc) is 2.39. The second kappa shape index (κ2) is 4.70. The summed E-state index contributed by atoms with van der Waals surface area (Å²) in [6.45, 7) is 7.33. The first-order chi connectivity index (χ1) is 6.20. The van der Waals surface area contributed by atoms with E-state index in [0.717, 1.165) is 25.1 Å². The minimum absolute atomic E-state index is 0.955. The van der Waals surface area contributed by atoms with Crippen LogP contribution >= 0.6 is 12.6 Å². The Morgan fingerprint density at radius 1 is 1.38 bits per heavy atom. The monoisotopic (exact) mass is 198 g/mol. The molecule has 74 valence electrons. The van der Waals surface area contributed by atoms with Crippen LogP contribution in [0.2, 0.25) is 0 Å². The van der Waals surface area contributed by atoms with Gasteiger partial charge in [0.15, 0.2) is 0 Å². The van der Waals surface area contributed by atoms with E-state index < -0.39 is 0 Å². The van der Waals surface area contributed by atoms with Gasteiger partial charge in [-0.15, -0.1) is 0 Å². The molecule has 1 rings (SSSR count). The molecule has 0 radical (unpaired) electrons. The van der Waals surface area contributed by atoms with Gasteiger partial charge in [0.25, 0.3) is 0 Å². The lowest BCUT2D eigenvalue weighted by Gasteiger charge is -2.01. The van der Waals surface area contributed by atoms with E-state index in [2.05, 4.69) is 43.2 Å². The summed E-state index contributed by atoms with van der Waals surface area (Å²) in [5.74, 6) is 0.955. The standard InChI is InChI=1S/C10H18N2S/c1-4-12-9(3)10(6-5-7-13)8(2)11-12/h13H,4-7H2,1-3H3. The fourth-order valence-electron chi connectivity index (χ4n) is 1.66. The molecule has 0 fully saturated rings. The Bertz CT molecular complexity index is 279. The zero-order valence-electron chi connectivity index (χ0n) is 8.67. The van der Waals surface area contributed by atoms with Gasteiger partial charge >= 0.3 is 0 Å². The maximum atomic E-state index is 4.47. The minimum Gasteiger partial charge on any atom is -0.270 e. The molecule has 0 aliphatic heterocycles. The van der Waals surface area contributed by atoms with Crippen LogP contribution in [0.25, 0.3) is 0 Å². The van der Waals surface area contributed by atoms with Gasteiger partial charge in [-0.3, -0.25) is 4.68 Å². The van der Waals surface area contributed by atoms with E-state index in [-0.39, 0.29) is 0 Å². The largest absolute Gasteiger partial charge is 0.270 e. The van der Waals surface area contributed by atoms with Crippen molar-refractivity contribution >= 4 is 12.6 Å². The van der Waals surface area contributed by atoms with Gasteiger partial charge in [0, 0.05) is 12.2 Å². The molecule has 0 saturated heterocycles. The third-order valence-electron chi connectivity index (χ3n) is 2.42. The van der Waals surface area contributed by atoms with Crippen LogP contribution in [0.4, 0.5) is 0 Å². The topological polar surface area (TPSA) is 17.8 Å². The molecule has 2 nitrogen and oxygen atoms in total. The molecule has 0 saturated carbocycles. The summed E-state index contributed by atoms with van der Waals surface area (Å²) < 4.78 is 2.07. The number of rotatable bonds is 4. The number of thiol groups is 1. The third-order valence-corrected chi connectivity index (χ3v) is 2.73. The first kappa shape index (κ1) is 10.6. The number of aryl methyl sites for hydroxylation is 2. The molecule has 0 aliphatic carbocycles. The summed E-state index contributed by atoms with van der Waals surface area (Å²) in [5.41, 5.74) is 3.92. The summed E-state index contributed by atoms with van der Waals surface area (Å²) in [5, 5.41) is 4.47. The van der Waals surface area contributed by atoms with Crippen LogP contribution < -0.4 is 0 Å². The van der Waals surface area contributed by atoms with Crippen molar-refractivity contribution in [2.45, 2.75) is 40.2 Å². The Morgan fingerprint density at radius 3 is 2.54 bits per heavy atom. The van der Waals surface area contributed by atoms with E-state index in [1.165, 1.54) is 17.0 Å². The number of hydrogen-bond donors (Lipinski definition) is 1. The van der Waals surface area contributed by atoms with Gasteiger partial charge in [-0.2, -0.15) is 17.7 Å². The molecule has 0 atom stereocenters. The second-order valence-electron chi connectivity index (χ2n) is 3.29. The van der Waals surface area contributed by atoms with E-state index in [0.29, 0.717) is 0 Å². The van der Waals surface area contributed by atoms with Crippen molar-refractivity contribution in [2.75, 3.05) is 5.75 Å². The molecule has 0 amide bonds. The molecule has 13 heavy (non-hydrogen) atoms. The van der Waals surface area contributed by atoms with Crippen molar-refractivity contribution in [3.63, 3.8) is 0 Å². The molecule has 1 aromatic rings. The highest BCUT2D eigenvalue weighted by Crippen LogP contribution is 2.15. The number of nitrogens with zero attached hydrogens (tertiary/aromatic N) is 2. The summed E-state index contributed by atoms with van der Waals surface area (Å²) >= 11 is 4.22. The average molecular weight is 198 g/mol. The third kappa shape index (κ3) is 2.27. The SMILES string of the molecule is CCn1nc(C)c(CCCS)c1C. The van der Waals surface area contributed by atoms with Crippen LogP contribution in [0, 0.1) is 13.8 Å². The van der Waals surface area contributed by atoms with E-state index in [1.54, 1.807) is 0 Å². The van der Waals surface area contributed by atoms with Gasteiger partial charge in [-0.1, -0.05) is 0 Å². The smallest absolute Gasteiger partial charge is 0.0628 e. The van der Waals surface area contributed by atoms with Gasteiger partial charge in [-0.05, 0) is 44.9 Å². The first-order valence-electron chi connectivity index (χ1n) is 4.84. The molecule has 0 bridgehead atoms. The molecule has 1 aromatic heterocycles. The van der Waals surface area contributed by atoms with Gasteiger partial charge in [0.1, 0.15) is 0 Å². The van der Waals surface area contributed by atoms with Crippen molar-refractivity contribution in [3.8, 4) is 0 Å². The lowest BCUT2D eigenvalue weighted by molar-refractivity contribution is 0.633. The minimum atomic E-state index is 0.955. The van der Waals surface area contributed by atoms with Crippen molar-refractivity contribution in [3.05, 3.63) is 17.0 Å². The van der Waals surface area contributed by atoms with Gasteiger partial charge < -0.3 is 0 Å². The molecular weight excluding hydrogens is 180 g/mol. The maximum absolute atomic E-state index is 4.47. The van der Waals surface area contributed by atoms with E-state index >= 15 is 0 Å². The van der Waals surface area contributed by atoms with E-state index in [9.17, 15) is 0 Å². The van der Waals surface area contributed by atoms with Gasteiger partial charge in [0.05, 0.1) is 5.69 Å². The van der Waals surface area contributed by atoms with E-state index in [4.69, 9.17) is 0 Å². The zero-order chi connectivity index (χ0) is 9.84. The normalized spacial score (nSPS) is 10.8.